The Kier molecular flexibility index (Phi) is 3.04. The van der Waals surface area contributed by atoms with Crippen molar-refractivity contribution in [2.24, 2.45) is 23.2 Å². The molecule has 1 fully saturated rings. The first-order valence-electron chi connectivity index (χ1n) is 8.46. The Morgan fingerprint density at radius 1 is 1.19 bits per heavy atom. The highest BCUT2D eigenvalue weighted by Crippen LogP contribution is 2.57. The number of allylic oxidation sites excluding steroid dienone is 7. The van der Waals surface area contributed by atoms with Crippen LogP contribution in [0.1, 0.15) is 39.0 Å². The van der Waals surface area contributed by atoms with Gasteiger partial charge in [0.05, 0.1) is 6.10 Å². The first kappa shape index (κ1) is 13.6. The Bertz CT molecular complexity index is 564. The highest BCUT2D eigenvalue weighted by atomic mass is 16.5. The van der Waals surface area contributed by atoms with E-state index in [0.717, 1.165) is 17.8 Å². The molecule has 0 saturated heterocycles. The van der Waals surface area contributed by atoms with Gasteiger partial charge < -0.3 is 4.74 Å². The van der Waals surface area contributed by atoms with Crippen molar-refractivity contribution in [2.75, 3.05) is 7.11 Å². The molecule has 4 aliphatic rings. The minimum absolute atomic E-state index is 0.215. The zero-order chi connectivity index (χ0) is 14.6. The van der Waals surface area contributed by atoms with Crippen LogP contribution < -0.4 is 0 Å². The van der Waals surface area contributed by atoms with Gasteiger partial charge in [-0.05, 0) is 66.6 Å². The van der Waals surface area contributed by atoms with Gasteiger partial charge in [0.15, 0.2) is 0 Å². The first-order valence-corrected chi connectivity index (χ1v) is 8.46. The zero-order valence-electron chi connectivity index (χ0n) is 13.3. The van der Waals surface area contributed by atoms with Gasteiger partial charge >= 0.3 is 0 Å². The molecule has 0 radical (unpaired) electrons. The molecule has 1 saturated carbocycles. The van der Waals surface area contributed by atoms with Crippen LogP contribution in [0.5, 0.6) is 0 Å². The summed E-state index contributed by atoms with van der Waals surface area (Å²) in [5, 5.41) is 0. The van der Waals surface area contributed by atoms with E-state index in [0.29, 0.717) is 6.10 Å². The van der Waals surface area contributed by atoms with E-state index in [-0.39, 0.29) is 5.41 Å². The Labute approximate surface area is 128 Å². The van der Waals surface area contributed by atoms with Crippen LogP contribution in [0.3, 0.4) is 0 Å². The lowest BCUT2D eigenvalue weighted by Crippen LogP contribution is -2.38. The van der Waals surface area contributed by atoms with Gasteiger partial charge in [-0.1, -0.05) is 37.8 Å². The highest BCUT2D eigenvalue weighted by molar-refractivity contribution is 5.55. The summed E-state index contributed by atoms with van der Waals surface area (Å²) in [5.41, 5.74) is 4.71. The van der Waals surface area contributed by atoms with Gasteiger partial charge in [0, 0.05) is 12.5 Å². The van der Waals surface area contributed by atoms with Crippen molar-refractivity contribution in [2.45, 2.75) is 45.1 Å². The van der Waals surface area contributed by atoms with Crippen LogP contribution in [-0.2, 0) is 4.74 Å². The Balaban J connectivity index is 1.72. The van der Waals surface area contributed by atoms with Crippen molar-refractivity contribution in [1.29, 1.82) is 0 Å². The predicted molar refractivity (Wildman–Crippen MR) is 86.9 cm³/mol. The van der Waals surface area contributed by atoms with Gasteiger partial charge in [-0.15, -0.1) is 0 Å². The molecule has 112 valence electrons. The Morgan fingerprint density at radius 2 is 2.05 bits per heavy atom. The van der Waals surface area contributed by atoms with Crippen LogP contribution in [0.2, 0.25) is 0 Å². The minimum Gasteiger partial charge on any atom is -0.381 e. The van der Waals surface area contributed by atoms with Crippen LogP contribution in [0.25, 0.3) is 0 Å². The van der Waals surface area contributed by atoms with Crippen molar-refractivity contribution in [1.82, 2.24) is 0 Å². The summed E-state index contributed by atoms with van der Waals surface area (Å²) in [6, 6.07) is 0. The van der Waals surface area contributed by atoms with E-state index in [2.05, 4.69) is 37.8 Å². The first-order chi connectivity index (χ1) is 10.1. The molecule has 0 N–H and O–H groups in total. The molecule has 2 unspecified atom stereocenters. The van der Waals surface area contributed by atoms with Crippen molar-refractivity contribution in [3.63, 3.8) is 0 Å². The van der Waals surface area contributed by atoms with E-state index >= 15 is 0 Å². The molecule has 0 heterocycles. The second-order valence-corrected chi connectivity index (χ2v) is 7.56. The molecule has 21 heavy (non-hydrogen) atoms. The Morgan fingerprint density at radius 3 is 2.86 bits per heavy atom. The van der Waals surface area contributed by atoms with Crippen LogP contribution in [0.4, 0.5) is 0 Å². The molecule has 1 nitrogen and oxygen atoms in total. The summed E-state index contributed by atoms with van der Waals surface area (Å²) < 4.78 is 5.61. The standard InChI is InChI=1S/C20H26O/c1-13-4-9-19-18-7-5-14-12-15(21-3)6-8-16(14)17(18)10-11-20(13,19)2/h4-5,7,9,14-17H,1,6,8,10-12H2,2-3H3/t14?,15?,16-,17+,20+/m0/s1. The molecular formula is C20H26O. The quantitative estimate of drug-likeness (QED) is 0.669. The zero-order valence-corrected chi connectivity index (χ0v) is 13.3. The van der Waals surface area contributed by atoms with Gasteiger partial charge in [-0.3, -0.25) is 0 Å². The Hall–Kier alpha value is -1.08. The molecule has 5 atom stereocenters. The van der Waals surface area contributed by atoms with E-state index in [1.54, 1.807) is 11.1 Å². The van der Waals surface area contributed by atoms with Crippen molar-refractivity contribution < 1.29 is 4.74 Å². The van der Waals surface area contributed by atoms with E-state index in [1.165, 1.54) is 37.7 Å². The number of hydrogen-bond donors (Lipinski definition) is 0. The monoisotopic (exact) mass is 282 g/mol. The number of methoxy groups -OCH3 is 1. The molecule has 0 bridgehead atoms. The van der Waals surface area contributed by atoms with Crippen LogP contribution in [0.15, 0.2) is 47.6 Å². The summed E-state index contributed by atoms with van der Waals surface area (Å²) in [5.74, 6) is 2.35. The van der Waals surface area contributed by atoms with Gasteiger partial charge in [-0.2, -0.15) is 0 Å². The van der Waals surface area contributed by atoms with Gasteiger partial charge in [-0.25, -0.2) is 0 Å². The molecule has 4 aliphatic carbocycles. The number of hydrogen-bond acceptors (Lipinski definition) is 1. The van der Waals surface area contributed by atoms with E-state index in [1.807, 2.05) is 7.11 Å². The van der Waals surface area contributed by atoms with Gasteiger partial charge in [0.2, 0.25) is 0 Å². The molecule has 1 heteroatoms. The normalized spacial score (nSPS) is 44.6. The maximum atomic E-state index is 5.61. The summed E-state index contributed by atoms with van der Waals surface area (Å²) in [4.78, 5) is 0. The SMILES string of the molecule is C=C1C=CC2=C3C=CC4CC(OC)CC[C@@H]4[C@H]3CC[C@]12C. The van der Waals surface area contributed by atoms with Gasteiger partial charge in [0.25, 0.3) is 0 Å². The topological polar surface area (TPSA) is 9.23 Å². The fourth-order valence-corrected chi connectivity index (χ4v) is 5.24. The lowest BCUT2D eigenvalue weighted by molar-refractivity contribution is 0.0256. The fourth-order valence-electron chi connectivity index (χ4n) is 5.24. The molecule has 0 aromatic heterocycles. The molecule has 0 aromatic carbocycles. The number of fused-ring (bicyclic) bond motifs is 4. The van der Waals surface area contributed by atoms with E-state index in [4.69, 9.17) is 4.74 Å². The lowest BCUT2D eigenvalue weighted by atomic mass is 9.58. The third kappa shape index (κ3) is 1.86. The molecule has 0 spiro atoms. The predicted octanol–water partition coefficient (Wildman–Crippen LogP) is 4.83. The molecular weight excluding hydrogens is 256 g/mol. The van der Waals surface area contributed by atoms with Crippen LogP contribution in [-0.4, -0.2) is 13.2 Å². The molecule has 0 aliphatic heterocycles. The minimum atomic E-state index is 0.215. The highest BCUT2D eigenvalue weighted by Gasteiger charge is 2.46. The van der Waals surface area contributed by atoms with E-state index < -0.39 is 0 Å². The number of rotatable bonds is 1. The van der Waals surface area contributed by atoms with Crippen LogP contribution >= 0.6 is 0 Å². The molecule has 0 aromatic rings. The summed E-state index contributed by atoms with van der Waals surface area (Å²) in [6.45, 7) is 6.67. The van der Waals surface area contributed by atoms with Gasteiger partial charge in [0.1, 0.15) is 0 Å². The maximum absolute atomic E-state index is 5.61. The number of ether oxygens (including phenoxy) is 1. The summed E-state index contributed by atoms with van der Waals surface area (Å²) in [6.07, 6.45) is 16.4. The van der Waals surface area contributed by atoms with Crippen molar-refractivity contribution >= 4 is 0 Å². The third-order valence-electron chi connectivity index (χ3n) is 6.70. The average Bonchev–Trinajstić information content (AvgIpc) is 2.82. The third-order valence-corrected chi connectivity index (χ3v) is 6.70. The fraction of sp³-hybridized carbons (Fsp3) is 0.600. The van der Waals surface area contributed by atoms with Crippen molar-refractivity contribution in [3.05, 3.63) is 47.6 Å². The summed E-state index contributed by atoms with van der Waals surface area (Å²) >= 11 is 0. The second-order valence-electron chi connectivity index (χ2n) is 7.56. The molecule has 0 amide bonds. The average molecular weight is 282 g/mol. The van der Waals surface area contributed by atoms with Crippen molar-refractivity contribution in [3.8, 4) is 0 Å². The van der Waals surface area contributed by atoms with E-state index in [9.17, 15) is 0 Å². The maximum Gasteiger partial charge on any atom is 0.0577 e. The molecule has 4 rings (SSSR count). The lowest BCUT2D eigenvalue weighted by Gasteiger charge is -2.47. The smallest absolute Gasteiger partial charge is 0.0577 e. The summed E-state index contributed by atoms with van der Waals surface area (Å²) in [7, 11) is 1.87. The van der Waals surface area contributed by atoms with Crippen LogP contribution in [0, 0.1) is 23.2 Å². The second kappa shape index (κ2) is 4.71. The largest absolute Gasteiger partial charge is 0.381 e.